The number of methoxy groups -OCH3 is 1. The highest BCUT2D eigenvalue weighted by Gasteiger charge is 2.41. The maximum Gasteiger partial charge on any atom is 0.282 e. The molecule has 0 radical (unpaired) electrons. The molecule has 0 fully saturated rings. The van der Waals surface area contributed by atoms with Crippen LogP contribution >= 0.6 is 27.3 Å². The summed E-state index contributed by atoms with van der Waals surface area (Å²) in [6.45, 7) is 1.95. The molecule has 0 bridgehead atoms. The normalized spacial score (nSPS) is 14.0. The van der Waals surface area contributed by atoms with E-state index in [4.69, 9.17) is 4.74 Å². The molecule has 1 aliphatic rings. The number of thiophene rings is 1. The number of aryl methyl sites for hydroxylation is 1. The Bertz CT molecular complexity index is 1140. The van der Waals surface area contributed by atoms with Crippen molar-refractivity contribution in [1.29, 1.82) is 0 Å². The summed E-state index contributed by atoms with van der Waals surface area (Å²) in [5.41, 5.74) is 2.74. The quantitative estimate of drug-likeness (QED) is 0.521. The van der Waals surface area contributed by atoms with E-state index in [1.54, 1.807) is 25.3 Å². The van der Waals surface area contributed by atoms with Crippen LogP contribution in [-0.2, 0) is 9.59 Å². The number of carbonyl (C=O) groups is 2. The molecule has 0 saturated carbocycles. The molecule has 4 rings (SSSR count). The third kappa shape index (κ3) is 3.59. The number of anilines is 2. The number of benzene rings is 2. The van der Waals surface area contributed by atoms with Crippen LogP contribution in [-0.4, -0.2) is 18.9 Å². The zero-order chi connectivity index (χ0) is 20.5. The Morgan fingerprint density at radius 3 is 2.55 bits per heavy atom. The molecule has 1 aliphatic heterocycles. The molecule has 2 amide bonds. The maximum absolute atomic E-state index is 13.4. The fraction of sp³-hybridized carbons (Fsp3) is 0.0909. The average Bonchev–Trinajstić information content (AvgIpc) is 3.29. The van der Waals surface area contributed by atoms with Crippen LogP contribution in [0.4, 0.5) is 11.4 Å². The molecular weight excluding hydrogens is 452 g/mol. The van der Waals surface area contributed by atoms with Gasteiger partial charge in [-0.25, -0.2) is 4.90 Å². The first kappa shape index (κ1) is 19.4. The summed E-state index contributed by atoms with van der Waals surface area (Å²) >= 11 is 4.82. The highest BCUT2D eigenvalue weighted by atomic mass is 79.9. The molecule has 3 aromatic rings. The van der Waals surface area contributed by atoms with Crippen LogP contribution in [0.1, 0.15) is 10.4 Å². The number of amides is 2. The van der Waals surface area contributed by atoms with Gasteiger partial charge in [0.1, 0.15) is 11.4 Å². The Balaban J connectivity index is 1.83. The molecule has 0 spiro atoms. The zero-order valence-corrected chi connectivity index (χ0v) is 18.1. The Morgan fingerprint density at radius 2 is 1.86 bits per heavy atom. The summed E-state index contributed by atoms with van der Waals surface area (Å²) in [6.07, 6.45) is 0. The first-order chi connectivity index (χ1) is 14.0. The second kappa shape index (κ2) is 7.85. The van der Waals surface area contributed by atoms with Crippen LogP contribution in [0.2, 0.25) is 0 Å². The number of imide groups is 1. The summed E-state index contributed by atoms with van der Waals surface area (Å²) in [6, 6.07) is 16.5. The van der Waals surface area contributed by atoms with Crippen molar-refractivity contribution in [3.05, 3.63) is 80.6 Å². The first-order valence-corrected chi connectivity index (χ1v) is 10.5. The molecule has 0 aliphatic carbocycles. The molecule has 1 aromatic heterocycles. The van der Waals surface area contributed by atoms with Crippen molar-refractivity contribution in [3.8, 4) is 5.75 Å². The van der Waals surface area contributed by atoms with Gasteiger partial charge in [-0.05, 0) is 54.3 Å². The predicted octanol–water partition coefficient (Wildman–Crippen LogP) is 5.22. The van der Waals surface area contributed by atoms with Crippen LogP contribution < -0.4 is 15.0 Å². The van der Waals surface area contributed by atoms with E-state index in [1.165, 1.54) is 16.2 Å². The van der Waals surface area contributed by atoms with Gasteiger partial charge in [0.25, 0.3) is 11.8 Å². The molecule has 146 valence electrons. The molecule has 5 nitrogen and oxygen atoms in total. The Hall–Kier alpha value is -2.90. The van der Waals surface area contributed by atoms with E-state index in [9.17, 15) is 9.59 Å². The molecule has 2 aromatic carbocycles. The van der Waals surface area contributed by atoms with Gasteiger partial charge in [-0.15, -0.1) is 11.3 Å². The highest BCUT2D eigenvalue weighted by molar-refractivity contribution is 9.10. The topological polar surface area (TPSA) is 58.6 Å². The maximum atomic E-state index is 13.4. The second-order valence-corrected chi connectivity index (χ2v) is 8.34. The lowest BCUT2D eigenvalue weighted by molar-refractivity contribution is -0.120. The summed E-state index contributed by atoms with van der Waals surface area (Å²) in [5.74, 6) is -0.167. The summed E-state index contributed by atoms with van der Waals surface area (Å²) in [5, 5.41) is 5.05. The third-order valence-electron chi connectivity index (χ3n) is 4.53. The van der Waals surface area contributed by atoms with E-state index in [1.807, 2.05) is 48.7 Å². The molecule has 29 heavy (non-hydrogen) atoms. The molecule has 7 heteroatoms. The number of rotatable bonds is 5. The molecule has 1 N–H and O–H groups in total. The van der Waals surface area contributed by atoms with Gasteiger partial charge in [0.15, 0.2) is 0 Å². The van der Waals surface area contributed by atoms with Gasteiger partial charge in [-0.3, -0.25) is 9.59 Å². The van der Waals surface area contributed by atoms with Crippen molar-refractivity contribution in [3.63, 3.8) is 0 Å². The molecule has 0 saturated heterocycles. The lowest BCUT2D eigenvalue weighted by Gasteiger charge is -2.16. The van der Waals surface area contributed by atoms with Crippen LogP contribution in [0.15, 0.2) is 70.1 Å². The minimum atomic E-state index is -0.403. The number of nitrogens with zero attached hydrogens (tertiary/aromatic N) is 1. The smallest absolute Gasteiger partial charge is 0.282 e. The summed E-state index contributed by atoms with van der Waals surface area (Å²) in [7, 11) is 1.57. The number of hydrogen-bond donors (Lipinski definition) is 1. The van der Waals surface area contributed by atoms with Gasteiger partial charge in [0.05, 0.1) is 24.1 Å². The number of carbonyl (C=O) groups excluding carboxylic acids is 2. The minimum Gasteiger partial charge on any atom is -0.495 e. The van der Waals surface area contributed by atoms with Crippen molar-refractivity contribution in [2.45, 2.75) is 6.92 Å². The Morgan fingerprint density at radius 1 is 1.03 bits per heavy atom. The van der Waals surface area contributed by atoms with Gasteiger partial charge in [-0.2, -0.15) is 0 Å². The summed E-state index contributed by atoms with van der Waals surface area (Å²) < 4.78 is 6.21. The van der Waals surface area contributed by atoms with E-state index in [0.717, 1.165) is 14.9 Å². The van der Waals surface area contributed by atoms with Crippen molar-refractivity contribution < 1.29 is 14.3 Å². The minimum absolute atomic E-state index is 0.237. The highest BCUT2D eigenvalue weighted by Crippen LogP contribution is 2.37. The monoisotopic (exact) mass is 468 g/mol. The van der Waals surface area contributed by atoms with Crippen molar-refractivity contribution >= 4 is 56.0 Å². The third-order valence-corrected chi connectivity index (χ3v) is 5.91. The fourth-order valence-electron chi connectivity index (χ4n) is 3.20. The fourth-order valence-corrected chi connectivity index (χ4v) is 4.35. The van der Waals surface area contributed by atoms with Crippen molar-refractivity contribution in [2.24, 2.45) is 0 Å². The lowest BCUT2D eigenvalue weighted by Crippen LogP contribution is -2.32. The van der Waals surface area contributed by atoms with Gasteiger partial charge >= 0.3 is 0 Å². The average molecular weight is 469 g/mol. The standard InChI is InChI=1S/C22H17BrN2O3S/c1-13-8-9-17(28-2)16(11-13)24-20-19(18-7-4-10-29-18)21(26)25(22(20)27)15-6-3-5-14(23)12-15/h3-12,24H,1-2H3. The SMILES string of the molecule is COc1ccc(C)cc1NC1=C(c2cccs2)C(=O)N(c2cccc(Br)c2)C1=O. The van der Waals surface area contributed by atoms with E-state index in [0.29, 0.717) is 22.7 Å². The van der Waals surface area contributed by atoms with Crippen molar-refractivity contribution in [1.82, 2.24) is 0 Å². The molecule has 0 atom stereocenters. The summed E-state index contributed by atoms with van der Waals surface area (Å²) in [4.78, 5) is 28.6. The van der Waals surface area contributed by atoms with Crippen LogP contribution in [0.3, 0.4) is 0 Å². The van der Waals surface area contributed by atoms with Crippen LogP contribution in [0.25, 0.3) is 5.57 Å². The van der Waals surface area contributed by atoms with Gasteiger partial charge in [0.2, 0.25) is 0 Å². The van der Waals surface area contributed by atoms with Gasteiger partial charge in [-0.1, -0.05) is 34.1 Å². The number of hydrogen-bond acceptors (Lipinski definition) is 5. The van der Waals surface area contributed by atoms with E-state index < -0.39 is 5.91 Å². The zero-order valence-electron chi connectivity index (χ0n) is 15.7. The van der Waals surface area contributed by atoms with E-state index in [-0.39, 0.29) is 11.6 Å². The Labute approximate surface area is 180 Å². The number of ether oxygens (including phenoxy) is 1. The van der Waals surface area contributed by atoms with Crippen LogP contribution in [0.5, 0.6) is 5.75 Å². The number of halogens is 1. The second-order valence-electron chi connectivity index (χ2n) is 6.48. The predicted molar refractivity (Wildman–Crippen MR) is 119 cm³/mol. The number of nitrogens with one attached hydrogen (secondary N) is 1. The Kier molecular flexibility index (Phi) is 5.25. The molecule has 2 heterocycles. The van der Waals surface area contributed by atoms with E-state index >= 15 is 0 Å². The largest absolute Gasteiger partial charge is 0.495 e. The van der Waals surface area contributed by atoms with Gasteiger partial charge < -0.3 is 10.1 Å². The van der Waals surface area contributed by atoms with Crippen molar-refractivity contribution in [2.75, 3.05) is 17.3 Å². The van der Waals surface area contributed by atoms with Crippen LogP contribution in [0, 0.1) is 6.92 Å². The lowest BCUT2D eigenvalue weighted by atomic mass is 10.1. The van der Waals surface area contributed by atoms with E-state index in [2.05, 4.69) is 21.2 Å². The first-order valence-electron chi connectivity index (χ1n) is 8.83. The van der Waals surface area contributed by atoms with Gasteiger partial charge in [0, 0.05) is 9.35 Å². The molecule has 0 unspecified atom stereocenters. The molecular formula is C22H17BrN2O3S.